The Hall–Kier alpha value is -2.93. The molecule has 0 aromatic heterocycles. The van der Waals surface area contributed by atoms with Crippen LogP contribution in [-0.2, 0) is 6.54 Å². The summed E-state index contributed by atoms with van der Waals surface area (Å²) < 4.78 is 16.3. The molecule has 30 heavy (non-hydrogen) atoms. The SMILES string of the molecule is CCNC(=NCc1cc(OC)c(OC)c(OC)c1)NCC(c1ccccc1)N(C)C. The predicted octanol–water partition coefficient (Wildman–Crippen LogP) is 3.07. The van der Waals surface area contributed by atoms with Gasteiger partial charge in [-0.15, -0.1) is 0 Å². The summed E-state index contributed by atoms with van der Waals surface area (Å²) in [6, 6.07) is 14.5. The van der Waals surface area contributed by atoms with Crippen LogP contribution in [0.15, 0.2) is 47.5 Å². The molecule has 1 unspecified atom stereocenters. The third-order valence-electron chi connectivity index (χ3n) is 4.76. The molecule has 0 spiro atoms. The van der Waals surface area contributed by atoms with Gasteiger partial charge < -0.3 is 29.7 Å². The highest BCUT2D eigenvalue weighted by atomic mass is 16.5. The second kappa shape index (κ2) is 11.9. The Morgan fingerprint density at radius 1 is 0.967 bits per heavy atom. The number of ether oxygens (including phenoxy) is 3. The van der Waals surface area contributed by atoms with Crippen LogP contribution < -0.4 is 24.8 Å². The number of rotatable bonds is 10. The molecule has 0 aliphatic carbocycles. The zero-order valence-corrected chi connectivity index (χ0v) is 18.9. The molecule has 2 aromatic rings. The smallest absolute Gasteiger partial charge is 0.203 e. The molecule has 0 aliphatic heterocycles. The Morgan fingerprint density at radius 3 is 2.10 bits per heavy atom. The number of aliphatic imine (C=N–C) groups is 1. The van der Waals surface area contributed by atoms with E-state index in [2.05, 4.69) is 60.8 Å². The Morgan fingerprint density at radius 2 is 1.60 bits per heavy atom. The summed E-state index contributed by atoms with van der Waals surface area (Å²) in [5.41, 5.74) is 2.23. The van der Waals surface area contributed by atoms with E-state index in [1.807, 2.05) is 18.2 Å². The van der Waals surface area contributed by atoms with E-state index >= 15 is 0 Å². The van der Waals surface area contributed by atoms with Crippen LogP contribution >= 0.6 is 0 Å². The largest absolute Gasteiger partial charge is 0.493 e. The summed E-state index contributed by atoms with van der Waals surface area (Å²) in [4.78, 5) is 6.94. The lowest BCUT2D eigenvalue weighted by Gasteiger charge is -2.26. The molecule has 2 rings (SSSR count). The van der Waals surface area contributed by atoms with Gasteiger partial charge in [0.2, 0.25) is 5.75 Å². The molecule has 0 fully saturated rings. The van der Waals surface area contributed by atoms with Gasteiger partial charge in [-0.25, -0.2) is 4.99 Å². The van der Waals surface area contributed by atoms with Crippen LogP contribution in [0.3, 0.4) is 0 Å². The Bertz CT molecular complexity index is 784. The molecule has 0 saturated heterocycles. The van der Waals surface area contributed by atoms with E-state index in [0.717, 1.165) is 24.6 Å². The van der Waals surface area contributed by atoms with E-state index in [9.17, 15) is 0 Å². The summed E-state index contributed by atoms with van der Waals surface area (Å²) in [7, 11) is 8.99. The lowest BCUT2D eigenvalue weighted by molar-refractivity contribution is 0.298. The second-order valence-corrected chi connectivity index (χ2v) is 7.00. The van der Waals surface area contributed by atoms with Crippen molar-refractivity contribution < 1.29 is 14.2 Å². The molecule has 0 saturated carbocycles. The Balaban J connectivity index is 2.16. The van der Waals surface area contributed by atoms with Crippen molar-refractivity contribution in [2.24, 2.45) is 4.99 Å². The minimum Gasteiger partial charge on any atom is -0.493 e. The number of hydrogen-bond acceptors (Lipinski definition) is 5. The maximum Gasteiger partial charge on any atom is 0.203 e. The first kappa shape index (κ1) is 23.3. The van der Waals surface area contributed by atoms with Crippen molar-refractivity contribution in [3.63, 3.8) is 0 Å². The zero-order chi connectivity index (χ0) is 21.9. The Labute approximate surface area is 180 Å². The summed E-state index contributed by atoms with van der Waals surface area (Å²) in [5.74, 6) is 2.58. The van der Waals surface area contributed by atoms with E-state index in [1.165, 1.54) is 5.56 Å². The van der Waals surface area contributed by atoms with Crippen LogP contribution in [0.1, 0.15) is 24.1 Å². The van der Waals surface area contributed by atoms with E-state index in [4.69, 9.17) is 19.2 Å². The predicted molar refractivity (Wildman–Crippen MR) is 122 cm³/mol. The van der Waals surface area contributed by atoms with Crippen molar-refractivity contribution in [1.82, 2.24) is 15.5 Å². The van der Waals surface area contributed by atoms with Gasteiger partial charge in [-0.2, -0.15) is 0 Å². The fraction of sp³-hybridized carbons (Fsp3) is 0.435. The highest BCUT2D eigenvalue weighted by molar-refractivity contribution is 5.79. The average Bonchev–Trinajstić information content (AvgIpc) is 2.77. The van der Waals surface area contributed by atoms with E-state index in [0.29, 0.717) is 23.8 Å². The number of guanidine groups is 1. The number of nitrogens with zero attached hydrogens (tertiary/aromatic N) is 2. The molecule has 164 valence electrons. The number of hydrogen-bond donors (Lipinski definition) is 2. The molecule has 1 atom stereocenters. The number of methoxy groups -OCH3 is 3. The van der Waals surface area contributed by atoms with E-state index in [-0.39, 0.29) is 6.04 Å². The van der Waals surface area contributed by atoms with Gasteiger partial charge in [0.25, 0.3) is 0 Å². The van der Waals surface area contributed by atoms with Crippen LogP contribution in [0, 0.1) is 0 Å². The van der Waals surface area contributed by atoms with Crippen LogP contribution in [-0.4, -0.2) is 59.4 Å². The molecule has 0 radical (unpaired) electrons. The summed E-state index contributed by atoms with van der Waals surface area (Å²) in [6.45, 7) is 4.04. The molecular weight excluding hydrogens is 380 g/mol. The standard InChI is InChI=1S/C23H34N4O3/c1-7-24-23(26-16-19(27(2)3)18-11-9-8-10-12-18)25-15-17-13-20(28-4)22(30-6)21(14-17)29-5/h8-14,19H,7,15-16H2,1-6H3,(H2,24,25,26). The highest BCUT2D eigenvalue weighted by Crippen LogP contribution is 2.38. The fourth-order valence-electron chi connectivity index (χ4n) is 3.21. The fourth-order valence-corrected chi connectivity index (χ4v) is 3.21. The minimum atomic E-state index is 0.233. The van der Waals surface area contributed by atoms with E-state index in [1.54, 1.807) is 21.3 Å². The molecule has 2 aromatic carbocycles. The van der Waals surface area contributed by atoms with Crippen molar-refractivity contribution in [2.75, 3.05) is 48.5 Å². The molecule has 0 amide bonds. The van der Waals surface area contributed by atoms with Gasteiger partial charge in [0.15, 0.2) is 17.5 Å². The van der Waals surface area contributed by atoms with Crippen molar-refractivity contribution in [2.45, 2.75) is 19.5 Å². The van der Waals surface area contributed by atoms with E-state index < -0.39 is 0 Å². The van der Waals surface area contributed by atoms with Crippen molar-refractivity contribution in [3.05, 3.63) is 53.6 Å². The molecular formula is C23H34N4O3. The van der Waals surface area contributed by atoms with Crippen LogP contribution in [0.4, 0.5) is 0 Å². The summed E-state index contributed by atoms with van der Waals surface area (Å²) in [6.07, 6.45) is 0. The van der Waals surface area contributed by atoms with Gasteiger partial charge in [-0.3, -0.25) is 0 Å². The third-order valence-corrected chi connectivity index (χ3v) is 4.76. The quantitative estimate of drug-likeness (QED) is 0.460. The van der Waals surface area contributed by atoms with Gasteiger partial charge in [0.1, 0.15) is 0 Å². The Kier molecular flexibility index (Phi) is 9.28. The lowest BCUT2D eigenvalue weighted by Crippen LogP contribution is -2.41. The maximum absolute atomic E-state index is 5.44. The third kappa shape index (κ3) is 6.29. The molecule has 0 aliphatic rings. The first-order valence-electron chi connectivity index (χ1n) is 10.1. The van der Waals surface area contributed by atoms with Crippen LogP contribution in [0.5, 0.6) is 17.2 Å². The van der Waals surface area contributed by atoms with Crippen LogP contribution in [0.2, 0.25) is 0 Å². The first-order valence-corrected chi connectivity index (χ1v) is 10.1. The molecule has 0 heterocycles. The first-order chi connectivity index (χ1) is 14.5. The topological polar surface area (TPSA) is 67.4 Å². The molecule has 7 heteroatoms. The maximum atomic E-state index is 5.44. The van der Waals surface area contributed by atoms with Gasteiger partial charge in [0, 0.05) is 13.1 Å². The minimum absolute atomic E-state index is 0.233. The van der Waals surface area contributed by atoms with Gasteiger partial charge in [-0.05, 0) is 44.3 Å². The average molecular weight is 415 g/mol. The molecule has 2 N–H and O–H groups in total. The van der Waals surface area contributed by atoms with Crippen molar-refractivity contribution in [1.29, 1.82) is 0 Å². The second-order valence-electron chi connectivity index (χ2n) is 7.00. The molecule has 7 nitrogen and oxygen atoms in total. The monoisotopic (exact) mass is 414 g/mol. The van der Waals surface area contributed by atoms with Crippen LogP contribution in [0.25, 0.3) is 0 Å². The number of benzene rings is 2. The summed E-state index contributed by atoms with van der Waals surface area (Å²) >= 11 is 0. The number of nitrogens with one attached hydrogen (secondary N) is 2. The highest BCUT2D eigenvalue weighted by Gasteiger charge is 2.15. The lowest BCUT2D eigenvalue weighted by atomic mass is 10.1. The number of likely N-dealkylation sites (N-methyl/N-ethyl adjacent to an activating group) is 1. The van der Waals surface area contributed by atoms with Crippen molar-refractivity contribution >= 4 is 5.96 Å². The van der Waals surface area contributed by atoms with Gasteiger partial charge >= 0.3 is 0 Å². The normalized spacial score (nSPS) is 12.4. The van der Waals surface area contributed by atoms with Gasteiger partial charge in [0.05, 0.1) is 33.9 Å². The van der Waals surface area contributed by atoms with Crippen molar-refractivity contribution in [3.8, 4) is 17.2 Å². The zero-order valence-electron chi connectivity index (χ0n) is 18.9. The molecule has 0 bridgehead atoms. The summed E-state index contributed by atoms with van der Waals surface area (Å²) in [5, 5.41) is 6.77. The van der Waals surface area contributed by atoms with Gasteiger partial charge in [-0.1, -0.05) is 30.3 Å².